The van der Waals surface area contributed by atoms with Crippen LogP contribution in [0.4, 0.5) is 0 Å². The lowest BCUT2D eigenvalue weighted by molar-refractivity contribution is 0.0951. The van der Waals surface area contributed by atoms with E-state index in [1.807, 2.05) is 37.3 Å². The Morgan fingerprint density at radius 1 is 1.08 bits per heavy atom. The monoisotopic (exact) mass is 320 g/mol. The first-order chi connectivity index (χ1) is 11.5. The number of hydrogen-bond donors (Lipinski definition) is 1. The van der Waals surface area contributed by atoms with E-state index in [2.05, 4.69) is 10.5 Å². The van der Waals surface area contributed by atoms with Crippen molar-refractivity contribution in [1.29, 1.82) is 0 Å². The van der Waals surface area contributed by atoms with Crippen molar-refractivity contribution in [3.05, 3.63) is 81.7 Å². The van der Waals surface area contributed by atoms with E-state index >= 15 is 0 Å². The van der Waals surface area contributed by atoms with Crippen LogP contribution in [0.1, 0.15) is 28.4 Å². The first-order valence-corrected chi connectivity index (χ1v) is 7.49. The second-order valence-corrected chi connectivity index (χ2v) is 5.49. The summed E-state index contributed by atoms with van der Waals surface area (Å²) < 4.78 is 5.15. The number of rotatable bonds is 3. The highest BCUT2D eigenvalue weighted by molar-refractivity contribution is 6.01. The normalized spacial score (nSPS) is 11.5. The second-order valence-electron chi connectivity index (χ2n) is 5.49. The molecule has 0 spiro atoms. The van der Waals surface area contributed by atoms with Crippen LogP contribution in [0.15, 0.2) is 68.9 Å². The summed E-state index contributed by atoms with van der Waals surface area (Å²) in [5, 5.41) is 4.74. The highest BCUT2D eigenvalue weighted by Crippen LogP contribution is 2.12. The van der Waals surface area contributed by atoms with Crippen LogP contribution in [0.5, 0.6) is 0 Å². The number of carbonyl (C=O) groups is 1. The van der Waals surface area contributed by atoms with Crippen molar-refractivity contribution in [2.24, 2.45) is 5.10 Å². The van der Waals surface area contributed by atoms with Gasteiger partial charge in [0.1, 0.15) is 11.1 Å². The van der Waals surface area contributed by atoms with Crippen molar-refractivity contribution in [3.8, 4) is 0 Å². The largest absolute Gasteiger partial charge is 0.422 e. The number of nitrogens with one attached hydrogen (secondary N) is 1. The summed E-state index contributed by atoms with van der Waals surface area (Å²) in [6.45, 7) is 3.78. The lowest BCUT2D eigenvalue weighted by atomic mass is 10.1. The van der Waals surface area contributed by atoms with Crippen LogP contribution >= 0.6 is 0 Å². The number of fused-ring (bicyclic) bond motifs is 1. The molecule has 0 radical (unpaired) electrons. The smallest absolute Gasteiger partial charge is 0.349 e. The van der Waals surface area contributed by atoms with Gasteiger partial charge in [0.05, 0.1) is 5.71 Å². The lowest BCUT2D eigenvalue weighted by Crippen LogP contribution is -2.25. The molecule has 1 heterocycles. The fraction of sp³-hybridized carbons (Fsp3) is 0.105. The zero-order chi connectivity index (χ0) is 17.1. The van der Waals surface area contributed by atoms with Crippen molar-refractivity contribution in [3.63, 3.8) is 0 Å². The Labute approximate surface area is 138 Å². The van der Waals surface area contributed by atoms with E-state index in [1.165, 1.54) is 6.07 Å². The second kappa shape index (κ2) is 6.50. The first kappa shape index (κ1) is 15.7. The number of hydrazone groups is 1. The van der Waals surface area contributed by atoms with Crippen LogP contribution in [-0.2, 0) is 0 Å². The number of para-hydroxylation sites is 1. The lowest BCUT2D eigenvalue weighted by Gasteiger charge is -2.04. The number of carbonyl (C=O) groups excluding carboxylic acids is 1. The molecule has 1 N–H and O–H groups in total. The molecule has 0 fully saturated rings. The third-order valence-corrected chi connectivity index (χ3v) is 3.68. The van der Waals surface area contributed by atoms with Gasteiger partial charge in [0.25, 0.3) is 5.91 Å². The molecule has 0 atom stereocenters. The molecule has 0 bridgehead atoms. The number of nitrogens with zero attached hydrogens (tertiary/aromatic N) is 1. The van der Waals surface area contributed by atoms with Crippen LogP contribution < -0.4 is 11.1 Å². The first-order valence-electron chi connectivity index (χ1n) is 7.49. The van der Waals surface area contributed by atoms with E-state index < -0.39 is 11.5 Å². The maximum Gasteiger partial charge on any atom is 0.349 e. The zero-order valence-corrected chi connectivity index (χ0v) is 13.4. The molecule has 5 nitrogen and oxygen atoms in total. The third-order valence-electron chi connectivity index (χ3n) is 3.68. The molecule has 0 saturated carbocycles. The summed E-state index contributed by atoms with van der Waals surface area (Å²) in [6.07, 6.45) is 0. The molecule has 0 aliphatic rings. The van der Waals surface area contributed by atoms with Crippen molar-refractivity contribution in [2.45, 2.75) is 13.8 Å². The molecule has 5 heteroatoms. The Hall–Kier alpha value is -3.21. The SMILES string of the molecule is C/C(=N\NC(=O)c1cc2ccccc2oc1=O)c1ccc(C)cc1. The van der Waals surface area contributed by atoms with Crippen LogP contribution in [0.25, 0.3) is 11.0 Å². The van der Waals surface area contributed by atoms with Crippen LogP contribution in [0.2, 0.25) is 0 Å². The molecule has 1 amide bonds. The number of benzene rings is 2. The summed E-state index contributed by atoms with van der Waals surface area (Å²) in [7, 11) is 0. The van der Waals surface area contributed by atoms with Gasteiger partial charge in [-0.25, -0.2) is 10.2 Å². The molecule has 0 saturated heterocycles. The predicted octanol–water partition coefficient (Wildman–Crippen LogP) is 3.26. The summed E-state index contributed by atoms with van der Waals surface area (Å²) in [4.78, 5) is 24.2. The average molecular weight is 320 g/mol. The van der Waals surface area contributed by atoms with Crippen LogP contribution in [0.3, 0.4) is 0 Å². The van der Waals surface area contributed by atoms with Crippen LogP contribution in [-0.4, -0.2) is 11.6 Å². The van der Waals surface area contributed by atoms with Gasteiger partial charge >= 0.3 is 5.63 Å². The molecule has 120 valence electrons. The van der Waals surface area contributed by atoms with Crippen LogP contribution in [0, 0.1) is 6.92 Å². The Bertz CT molecular complexity index is 985. The molecule has 0 aliphatic heterocycles. The van der Waals surface area contributed by atoms with Gasteiger partial charge in [0.2, 0.25) is 0 Å². The highest BCUT2D eigenvalue weighted by atomic mass is 16.4. The molecule has 24 heavy (non-hydrogen) atoms. The standard InChI is InChI=1S/C19H16N2O3/c1-12-7-9-14(10-8-12)13(2)20-21-18(22)16-11-15-5-3-4-6-17(15)24-19(16)23/h3-11H,1-2H3,(H,21,22)/b20-13+. The number of aryl methyl sites for hydroxylation is 1. The van der Waals surface area contributed by atoms with Gasteiger partial charge in [-0.3, -0.25) is 4.79 Å². The average Bonchev–Trinajstić information content (AvgIpc) is 2.59. The van der Waals surface area contributed by atoms with Gasteiger partial charge in [0, 0.05) is 5.39 Å². The predicted molar refractivity (Wildman–Crippen MR) is 93.3 cm³/mol. The van der Waals surface area contributed by atoms with Gasteiger partial charge < -0.3 is 4.42 Å². The van der Waals surface area contributed by atoms with E-state index in [4.69, 9.17) is 4.42 Å². The topological polar surface area (TPSA) is 71.7 Å². The summed E-state index contributed by atoms with van der Waals surface area (Å²) in [5.74, 6) is -0.596. The van der Waals surface area contributed by atoms with Gasteiger partial charge in [-0.15, -0.1) is 0 Å². The molecule has 3 rings (SSSR count). The minimum atomic E-state index is -0.686. The van der Waals surface area contributed by atoms with E-state index in [0.29, 0.717) is 16.7 Å². The van der Waals surface area contributed by atoms with Crippen molar-refractivity contribution in [2.75, 3.05) is 0 Å². The fourth-order valence-corrected chi connectivity index (χ4v) is 2.27. The molecular formula is C19H16N2O3. The zero-order valence-electron chi connectivity index (χ0n) is 13.4. The van der Waals surface area contributed by atoms with E-state index in [1.54, 1.807) is 25.1 Å². The minimum absolute atomic E-state index is 0.0749. The van der Waals surface area contributed by atoms with E-state index in [-0.39, 0.29) is 5.56 Å². The minimum Gasteiger partial charge on any atom is -0.422 e. The Balaban J connectivity index is 1.84. The van der Waals surface area contributed by atoms with Gasteiger partial charge in [-0.2, -0.15) is 5.10 Å². The summed E-state index contributed by atoms with van der Waals surface area (Å²) >= 11 is 0. The molecule has 0 aliphatic carbocycles. The van der Waals surface area contributed by atoms with E-state index in [0.717, 1.165) is 11.1 Å². The summed E-state index contributed by atoms with van der Waals surface area (Å²) in [6, 6.07) is 16.3. The fourth-order valence-electron chi connectivity index (χ4n) is 2.27. The van der Waals surface area contributed by atoms with Crippen molar-refractivity contribution < 1.29 is 9.21 Å². The molecular weight excluding hydrogens is 304 g/mol. The highest BCUT2D eigenvalue weighted by Gasteiger charge is 2.13. The van der Waals surface area contributed by atoms with Gasteiger partial charge in [0.15, 0.2) is 0 Å². The van der Waals surface area contributed by atoms with Crippen molar-refractivity contribution in [1.82, 2.24) is 5.43 Å². The maximum absolute atomic E-state index is 12.2. The quantitative estimate of drug-likeness (QED) is 0.457. The Kier molecular flexibility index (Phi) is 4.24. The van der Waals surface area contributed by atoms with E-state index in [9.17, 15) is 9.59 Å². The molecule has 3 aromatic rings. The van der Waals surface area contributed by atoms with Crippen molar-refractivity contribution >= 4 is 22.6 Å². The molecule has 2 aromatic carbocycles. The number of hydrogen-bond acceptors (Lipinski definition) is 4. The van der Waals surface area contributed by atoms with Gasteiger partial charge in [-0.05, 0) is 31.5 Å². The Morgan fingerprint density at radius 2 is 1.79 bits per heavy atom. The summed E-state index contributed by atoms with van der Waals surface area (Å²) in [5.41, 5.74) is 4.77. The molecule has 1 aromatic heterocycles. The third kappa shape index (κ3) is 3.25. The number of amides is 1. The molecule has 0 unspecified atom stereocenters. The Morgan fingerprint density at radius 3 is 2.54 bits per heavy atom. The maximum atomic E-state index is 12.2. The van der Waals surface area contributed by atoms with Gasteiger partial charge in [-0.1, -0.05) is 48.0 Å².